The fourth-order valence-electron chi connectivity index (χ4n) is 3.96. The van der Waals surface area contributed by atoms with Crippen LogP contribution in [0.3, 0.4) is 0 Å². The molecule has 125 valence electrons. The van der Waals surface area contributed by atoms with E-state index >= 15 is 0 Å². The van der Waals surface area contributed by atoms with Crippen LogP contribution in [0.1, 0.15) is 31.2 Å². The Bertz CT molecular complexity index is 641. The average molecular weight is 373 g/mol. The lowest BCUT2D eigenvalue weighted by Crippen LogP contribution is -2.40. The highest BCUT2D eigenvalue weighted by Crippen LogP contribution is 2.48. The molecule has 3 heterocycles. The molecule has 2 atom stereocenters. The number of hydrogen-bond acceptors (Lipinski definition) is 3. The van der Waals surface area contributed by atoms with E-state index in [4.69, 9.17) is 11.6 Å². The number of nitrogens with one attached hydrogen (secondary N) is 1. The van der Waals surface area contributed by atoms with E-state index in [9.17, 15) is 4.79 Å². The Balaban J connectivity index is 0.00000156. The summed E-state index contributed by atoms with van der Waals surface area (Å²) in [5.74, 6) is 0. The van der Waals surface area contributed by atoms with E-state index in [1.807, 2.05) is 17.8 Å². The van der Waals surface area contributed by atoms with Crippen LogP contribution >= 0.6 is 35.8 Å². The molecule has 23 heavy (non-hydrogen) atoms. The molecular weight excluding hydrogens is 353 g/mol. The predicted molar refractivity (Wildman–Crippen MR) is 97.7 cm³/mol. The Labute approximate surface area is 152 Å². The zero-order chi connectivity index (χ0) is 15.4. The van der Waals surface area contributed by atoms with Crippen LogP contribution in [-0.2, 0) is 0 Å². The maximum absolute atomic E-state index is 11.4. The fourth-order valence-corrected chi connectivity index (χ4v) is 5.81. The SMILES string of the molecule is Cc1cc2c(c(Cl)c1SC1CC3CCC(C1)N3C)NC(=O)[N]2.Cl. The first kappa shape index (κ1) is 17.2. The molecule has 1 N–H and O–H groups in total. The van der Waals surface area contributed by atoms with Gasteiger partial charge in [0.15, 0.2) is 0 Å². The molecule has 2 bridgehead atoms. The van der Waals surface area contributed by atoms with Crippen molar-refractivity contribution in [3.63, 3.8) is 0 Å². The molecule has 1 aromatic rings. The number of rotatable bonds is 2. The van der Waals surface area contributed by atoms with Gasteiger partial charge in [0.05, 0.1) is 16.4 Å². The lowest BCUT2D eigenvalue weighted by molar-refractivity contribution is 0.183. The number of carbonyl (C=O) groups is 1. The van der Waals surface area contributed by atoms with Gasteiger partial charge in [-0.25, -0.2) is 4.79 Å². The number of piperidine rings is 1. The topological polar surface area (TPSA) is 46.4 Å². The van der Waals surface area contributed by atoms with Crippen LogP contribution in [0.5, 0.6) is 0 Å². The zero-order valence-electron chi connectivity index (χ0n) is 13.1. The Morgan fingerprint density at radius 2 is 2.00 bits per heavy atom. The van der Waals surface area contributed by atoms with Crippen molar-refractivity contribution in [2.75, 3.05) is 12.4 Å². The molecule has 1 radical (unpaired) electrons. The highest BCUT2D eigenvalue weighted by molar-refractivity contribution is 8.00. The third-order valence-corrected chi connectivity index (χ3v) is 7.15. The fraction of sp³-hybridized carbons (Fsp3) is 0.562. The first-order chi connectivity index (χ1) is 10.5. The van der Waals surface area contributed by atoms with Crippen LogP contribution in [-0.4, -0.2) is 35.3 Å². The molecule has 1 aromatic carbocycles. The number of benzene rings is 1. The molecule has 7 heteroatoms. The molecule has 3 aliphatic heterocycles. The van der Waals surface area contributed by atoms with Gasteiger partial charge in [0.25, 0.3) is 0 Å². The molecule has 2 saturated heterocycles. The van der Waals surface area contributed by atoms with Crippen LogP contribution in [0.15, 0.2) is 11.0 Å². The van der Waals surface area contributed by atoms with E-state index in [1.54, 1.807) is 0 Å². The van der Waals surface area contributed by atoms with Gasteiger partial charge in [-0.2, -0.15) is 5.32 Å². The third kappa shape index (κ3) is 2.93. The van der Waals surface area contributed by atoms with Gasteiger partial charge >= 0.3 is 6.03 Å². The van der Waals surface area contributed by atoms with Crippen molar-refractivity contribution >= 4 is 53.2 Å². The van der Waals surface area contributed by atoms with E-state index in [0.29, 0.717) is 21.6 Å². The van der Waals surface area contributed by atoms with Crippen LogP contribution < -0.4 is 10.6 Å². The number of aryl methyl sites for hydroxylation is 1. The number of thioether (sulfide) groups is 1. The van der Waals surface area contributed by atoms with Crippen molar-refractivity contribution < 1.29 is 4.79 Å². The maximum Gasteiger partial charge on any atom is 0.346 e. The number of anilines is 1. The Morgan fingerprint density at radius 3 is 2.65 bits per heavy atom. The molecule has 0 saturated carbocycles. The van der Waals surface area contributed by atoms with E-state index in [2.05, 4.69) is 29.5 Å². The first-order valence-electron chi connectivity index (χ1n) is 7.77. The van der Waals surface area contributed by atoms with E-state index in [0.717, 1.165) is 22.5 Å². The van der Waals surface area contributed by atoms with E-state index in [1.165, 1.54) is 25.7 Å². The second-order valence-electron chi connectivity index (χ2n) is 6.53. The zero-order valence-corrected chi connectivity index (χ0v) is 15.5. The molecule has 0 spiro atoms. The van der Waals surface area contributed by atoms with Crippen LogP contribution in [0.4, 0.5) is 16.2 Å². The average Bonchev–Trinajstić information content (AvgIpc) is 2.91. The predicted octanol–water partition coefficient (Wildman–Crippen LogP) is 4.57. The van der Waals surface area contributed by atoms with Gasteiger partial charge in [-0.1, -0.05) is 11.6 Å². The number of halogens is 2. The van der Waals surface area contributed by atoms with Crippen molar-refractivity contribution in [2.24, 2.45) is 0 Å². The van der Waals surface area contributed by atoms with Gasteiger partial charge in [0, 0.05) is 22.2 Å². The van der Waals surface area contributed by atoms with Gasteiger partial charge in [-0.15, -0.1) is 24.2 Å². The molecule has 0 aromatic heterocycles. The number of amides is 2. The van der Waals surface area contributed by atoms with Gasteiger partial charge in [0.2, 0.25) is 0 Å². The normalized spacial score (nSPS) is 28.8. The first-order valence-corrected chi connectivity index (χ1v) is 9.03. The van der Waals surface area contributed by atoms with Crippen molar-refractivity contribution in [1.82, 2.24) is 10.2 Å². The highest BCUT2D eigenvalue weighted by Gasteiger charge is 2.39. The summed E-state index contributed by atoms with van der Waals surface area (Å²) in [6, 6.07) is 3.08. The second-order valence-corrected chi connectivity index (χ2v) is 8.22. The van der Waals surface area contributed by atoms with Crippen LogP contribution in [0.2, 0.25) is 5.02 Å². The number of urea groups is 1. The van der Waals surface area contributed by atoms with Crippen LogP contribution in [0.25, 0.3) is 0 Å². The summed E-state index contributed by atoms with van der Waals surface area (Å²) in [7, 11) is 2.26. The van der Waals surface area contributed by atoms with Gasteiger partial charge < -0.3 is 10.2 Å². The molecule has 2 amide bonds. The van der Waals surface area contributed by atoms with Crippen molar-refractivity contribution in [3.8, 4) is 0 Å². The van der Waals surface area contributed by atoms with Crippen molar-refractivity contribution in [1.29, 1.82) is 0 Å². The molecule has 3 aliphatic rings. The van der Waals surface area contributed by atoms with Crippen molar-refractivity contribution in [2.45, 2.75) is 54.8 Å². The standard InChI is InChI=1S/C16H19ClN3OS.ClH/c1-8-5-12-14(19-16(21)18-12)13(17)15(8)22-11-6-9-3-4-10(7-11)20(9)2;/h5,9-11H,3-4,6-7H2,1-2H3,(H,19,21);1H. The second kappa shape index (κ2) is 6.36. The molecule has 2 fully saturated rings. The van der Waals surface area contributed by atoms with Gasteiger partial charge in [-0.3, -0.25) is 0 Å². The minimum Gasteiger partial charge on any atom is -0.303 e. The van der Waals surface area contributed by atoms with Gasteiger partial charge in [-0.05, 0) is 51.3 Å². The Kier molecular flexibility index (Phi) is 4.76. The van der Waals surface area contributed by atoms with Crippen molar-refractivity contribution in [3.05, 3.63) is 16.7 Å². The summed E-state index contributed by atoms with van der Waals surface area (Å²) in [4.78, 5) is 15.1. The summed E-state index contributed by atoms with van der Waals surface area (Å²) in [5, 5.41) is 7.97. The molecule has 2 unspecified atom stereocenters. The number of carbonyl (C=O) groups excluding carboxylic acids is 1. The monoisotopic (exact) mass is 372 g/mol. The summed E-state index contributed by atoms with van der Waals surface area (Å²) >= 11 is 8.44. The van der Waals surface area contributed by atoms with E-state index < -0.39 is 0 Å². The molecular formula is C16H20Cl2N3OS. The minimum absolute atomic E-state index is 0. The molecule has 4 rings (SSSR count). The summed E-state index contributed by atoms with van der Waals surface area (Å²) in [6.45, 7) is 2.05. The number of fused-ring (bicyclic) bond motifs is 3. The van der Waals surface area contributed by atoms with Gasteiger partial charge in [0.1, 0.15) is 0 Å². The summed E-state index contributed by atoms with van der Waals surface area (Å²) < 4.78 is 0. The van der Waals surface area contributed by atoms with Crippen LogP contribution in [0, 0.1) is 6.92 Å². The quantitative estimate of drug-likeness (QED) is 0.826. The third-order valence-electron chi connectivity index (χ3n) is 5.18. The lowest BCUT2D eigenvalue weighted by Gasteiger charge is -2.36. The number of nitrogens with zero attached hydrogens (tertiary/aromatic N) is 2. The highest BCUT2D eigenvalue weighted by atomic mass is 35.5. The number of hydrogen-bond donors (Lipinski definition) is 1. The lowest BCUT2D eigenvalue weighted by atomic mass is 10.0. The summed E-state index contributed by atoms with van der Waals surface area (Å²) in [6.07, 6.45) is 5.09. The summed E-state index contributed by atoms with van der Waals surface area (Å²) in [5.41, 5.74) is 2.45. The Hall–Kier alpha value is -0.620. The largest absolute Gasteiger partial charge is 0.346 e. The maximum atomic E-state index is 11.4. The molecule has 0 aliphatic carbocycles. The Morgan fingerprint density at radius 1 is 1.35 bits per heavy atom. The van der Waals surface area contributed by atoms with E-state index in [-0.39, 0.29) is 18.4 Å². The molecule has 4 nitrogen and oxygen atoms in total. The smallest absolute Gasteiger partial charge is 0.303 e. The minimum atomic E-state index is -0.323.